The van der Waals surface area contributed by atoms with Crippen LogP contribution >= 0.6 is 0 Å². The second-order valence-electron chi connectivity index (χ2n) is 4.16. The minimum absolute atomic E-state index is 0.0641. The Labute approximate surface area is 101 Å². The van der Waals surface area contributed by atoms with Crippen LogP contribution in [-0.4, -0.2) is 24.6 Å². The van der Waals surface area contributed by atoms with Crippen molar-refractivity contribution >= 4 is 17.5 Å². The molecule has 4 nitrogen and oxygen atoms in total. The van der Waals surface area contributed by atoms with E-state index < -0.39 is 5.92 Å². The van der Waals surface area contributed by atoms with Gasteiger partial charge in [-0.2, -0.15) is 0 Å². The molecule has 4 heteroatoms. The summed E-state index contributed by atoms with van der Waals surface area (Å²) in [5, 5.41) is 0. The molecular formula is C13H18O4. The highest BCUT2D eigenvalue weighted by Crippen LogP contribution is 2.21. The number of unbranched alkanes of at least 4 members (excludes halogenated alkanes) is 1. The van der Waals surface area contributed by atoms with Crippen LogP contribution in [0.2, 0.25) is 0 Å². The number of carbonyl (C=O) groups is 3. The third kappa shape index (κ3) is 4.51. The first kappa shape index (κ1) is 13.6. The van der Waals surface area contributed by atoms with Gasteiger partial charge in [0.1, 0.15) is 11.6 Å². The molecule has 0 amide bonds. The number of allylic oxidation sites excluding steroid dienone is 2. The Kier molecular flexibility index (Phi) is 5.60. The molecule has 17 heavy (non-hydrogen) atoms. The lowest BCUT2D eigenvalue weighted by Gasteiger charge is -2.01. The maximum Gasteiger partial charge on any atom is 0.305 e. The highest BCUT2D eigenvalue weighted by atomic mass is 16.5. The number of methoxy groups -OCH3 is 1. The Hall–Kier alpha value is -1.45. The van der Waals surface area contributed by atoms with Crippen molar-refractivity contribution in [3.8, 4) is 0 Å². The average molecular weight is 238 g/mol. The molecule has 0 unspecified atom stereocenters. The summed E-state index contributed by atoms with van der Waals surface area (Å²) in [6.45, 7) is 0. The highest BCUT2D eigenvalue weighted by molar-refractivity contribution is 6.08. The second kappa shape index (κ2) is 6.99. The normalized spacial score (nSPS) is 17.0. The van der Waals surface area contributed by atoms with Crippen molar-refractivity contribution in [2.45, 2.75) is 38.5 Å². The largest absolute Gasteiger partial charge is 0.469 e. The summed E-state index contributed by atoms with van der Waals surface area (Å²) in [4.78, 5) is 33.4. The average Bonchev–Trinajstić information content (AvgIpc) is 2.64. The van der Waals surface area contributed by atoms with Crippen molar-refractivity contribution in [3.05, 3.63) is 12.2 Å². The zero-order chi connectivity index (χ0) is 12.7. The maximum atomic E-state index is 11.3. The first-order valence-electron chi connectivity index (χ1n) is 5.92. The number of Topliss-reactive ketones (excluding diaryl/α,β-unsaturated/α-hetero) is 2. The van der Waals surface area contributed by atoms with Crippen molar-refractivity contribution in [1.82, 2.24) is 0 Å². The van der Waals surface area contributed by atoms with Gasteiger partial charge in [0.2, 0.25) is 0 Å². The lowest BCUT2D eigenvalue weighted by molar-refractivity contribution is -0.140. The fourth-order valence-electron chi connectivity index (χ4n) is 1.85. The van der Waals surface area contributed by atoms with Crippen molar-refractivity contribution in [2.75, 3.05) is 7.11 Å². The number of ketones is 2. The van der Waals surface area contributed by atoms with Gasteiger partial charge in [0, 0.05) is 19.3 Å². The van der Waals surface area contributed by atoms with Gasteiger partial charge in [-0.25, -0.2) is 0 Å². The van der Waals surface area contributed by atoms with Crippen molar-refractivity contribution in [3.63, 3.8) is 0 Å². The molecule has 0 heterocycles. The van der Waals surface area contributed by atoms with E-state index in [0.717, 1.165) is 12.8 Å². The number of esters is 1. The zero-order valence-electron chi connectivity index (χ0n) is 10.1. The predicted molar refractivity (Wildman–Crippen MR) is 62.4 cm³/mol. The quantitative estimate of drug-likeness (QED) is 0.306. The van der Waals surface area contributed by atoms with E-state index in [1.165, 1.54) is 7.11 Å². The summed E-state index contributed by atoms with van der Waals surface area (Å²) in [6, 6.07) is 0. The second-order valence-corrected chi connectivity index (χ2v) is 4.16. The van der Waals surface area contributed by atoms with Crippen LogP contribution in [0.4, 0.5) is 0 Å². The van der Waals surface area contributed by atoms with E-state index in [1.54, 1.807) is 0 Å². The summed E-state index contributed by atoms with van der Waals surface area (Å²) in [7, 11) is 1.37. The van der Waals surface area contributed by atoms with E-state index in [-0.39, 0.29) is 17.5 Å². The Morgan fingerprint density at radius 3 is 2.53 bits per heavy atom. The lowest BCUT2D eigenvalue weighted by Crippen LogP contribution is -2.12. The first-order chi connectivity index (χ1) is 8.15. The maximum absolute atomic E-state index is 11.3. The minimum atomic E-state index is -0.410. The molecule has 0 aromatic rings. The molecule has 0 saturated heterocycles. The third-order valence-electron chi connectivity index (χ3n) is 2.91. The van der Waals surface area contributed by atoms with Crippen LogP contribution in [0, 0.1) is 5.92 Å². The molecule has 0 atom stereocenters. The van der Waals surface area contributed by atoms with E-state index in [4.69, 9.17) is 0 Å². The van der Waals surface area contributed by atoms with Gasteiger partial charge in [-0.3, -0.25) is 14.4 Å². The fraction of sp³-hybridized carbons (Fsp3) is 0.615. The van der Waals surface area contributed by atoms with Crippen molar-refractivity contribution in [1.29, 1.82) is 0 Å². The smallest absolute Gasteiger partial charge is 0.305 e. The van der Waals surface area contributed by atoms with Gasteiger partial charge in [-0.15, -0.1) is 0 Å². The van der Waals surface area contributed by atoms with Crippen molar-refractivity contribution < 1.29 is 19.1 Å². The number of carbonyl (C=O) groups excluding carboxylic acids is 3. The standard InChI is InChI=1S/C13H18O4/c1-17-13(16)7-5-3-2-4-6-10-11(14)8-9-12(10)15/h2,4,10H,3,5-9H2,1H3. The van der Waals surface area contributed by atoms with E-state index in [2.05, 4.69) is 4.74 Å². The molecule has 1 aliphatic carbocycles. The molecule has 1 fully saturated rings. The number of hydrogen-bond acceptors (Lipinski definition) is 4. The number of rotatable bonds is 6. The summed E-state index contributed by atoms with van der Waals surface area (Å²) in [5.41, 5.74) is 0. The molecule has 1 aliphatic rings. The molecule has 0 spiro atoms. The third-order valence-corrected chi connectivity index (χ3v) is 2.91. The topological polar surface area (TPSA) is 60.4 Å². The Balaban J connectivity index is 2.15. The molecular weight excluding hydrogens is 220 g/mol. The summed E-state index contributed by atoms with van der Waals surface area (Å²) >= 11 is 0. The molecule has 0 bridgehead atoms. The van der Waals surface area contributed by atoms with Crippen molar-refractivity contribution in [2.24, 2.45) is 5.92 Å². The fourth-order valence-corrected chi connectivity index (χ4v) is 1.85. The summed E-state index contributed by atoms with van der Waals surface area (Å²) in [5.74, 6) is -0.491. The molecule has 0 aromatic heterocycles. The molecule has 1 rings (SSSR count). The Morgan fingerprint density at radius 1 is 1.29 bits per heavy atom. The van der Waals surface area contributed by atoms with E-state index in [0.29, 0.717) is 25.7 Å². The summed E-state index contributed by atoms with van der Waals surface area (Å²) < 4.78 is 4.51. The van der Waals surface area contributed by atoms with Crippen LogP contribution in [-0.2, 0) is 19.1 Å². The molecule has 0 N–H and O–H groups in total. The van der Waals surface area contributed by atoms with E-state index in [9.17, 15) is 14.4 Å². The van der Waals surface area contributed by atoms with Gasteiger partial charge in [-0.05, 0) is 19.3 Å². The minimum Gasteiger partial charge on any atom is -0.469 e. The van der Waals surface area contributed by atoms with Crippen LogP contribution in [0.1, 0.15) is 38.5 Å². The number of ether oxygens (including phenoxy) is 1. The predicted octanol–water partition coefficient (Wildman–Crippen LogP) is 1.82. The van der Waals surface area contributed by atoms with Gasteiger partial charge < -0.3 is 4.74 Å². The molecule has 1 saturated carbocycles. The van der Waals surface area contributed by atoms with E-state index >= 15 is 0 Å². The monoisotopic (exact) mass is 238 g/mol. The lowest BCUT2D eigenvalue weighted by atomic mass is 10.0. The zero-order valence-corrected chi connectivity index (χ0v) is 10.1. The van der Waals surface area contributed by atoms with Gasteiger partial charge in [0.15, 0.2) is 0 Å². The molecule has 94 valence electrons. The highest BCUT2D eigenvalue weighted by Gasteiger charge is 2.31. The van der Waals surface area contributed by atoms with Crippen LogP contribution in [0.5, 0.6) is 0 Å². The van der Waals surface area contributed by atoms with Gasteiger partial charge in [0.25, 0.3) is 0 Å². The first-order valence-corrected chi connectivity index (χ1v) is 5.92. The van der Waals surface area contributed by atoms with Crippen LogP contribution < -0.4 is 0 Å². The van der Waals surface area contributed by atoms with E-state index in [1.807, 2.05) is 12.2 Å². The SMILES string of the molecule is COC(=O)CCCC=CCC1C(=O)CCC1=O. The van der Waals surface area contributed by atoms with Gasteiger partial charge >= 0.3 is 5.97 Å². The summed E-state index contributed by atoms with van der Waals surface area (Å²) in [6.07, 6.45) is 7.00. The van der Waals surface area contributed by atoms with Gasteiger partial charge in [-0.1, -0.05) is 12.2 Å². The van der Waals surface area contributed by atoms with Crippen LogP contribution in [0.15, 0.2) is 12.2 Å². The molecule has 0 radical (unpaired) electrons. The van der Waals surface area contributed by atoms with Crippen LogP contribution in [0.25, 0.3) is 0 Å². The number of hydrogen-bond donors (Lipinski definition) is 0. The Bertz CT molecular complexity index is 314. The Morgan fingerprint density at radius 2 is 1.94 bits per heavy atom. The van der Waals surface area contributed by atoms with Gasteiger partial charge in [0.05, 0.1) is 13.0 Å². The molecule has 0 aliphatic heterocycles. The molecule has 0 aromatic carbocycles. The van der Waals surface area contributed by atoms with Crippen LogP contribution in [0.3, 0.4) is 0 Å².